The van der Waals surface area contributed by atoms with Gasteiger partial charge in [-0.25, -0.2) is 4.98 Å². The minimum Gasteiger partial charge on any atom is -0.354 e. The number of benzene rings is 2. The Kier molecular flexibility index (Phi) is 6.64. The minimum absolute atomic E-state index is 0.113. The van der Waals surface area contributed by atoms with Gasteiger partial charge in [-0.1, -0.05) is 56.3 Å². The fourth-order valence-corrected chi connectivity index (χ4v) is 3.56. The van der Waals surface area contributed by atoms with Gasteiger partial charge in [0.05, 0.1) is 11.0 Å². The van der Waals surface area contributed by atoms with Crippen molar-refractivity contribution >= 4 is 16.9 Å². The highest BCUT2D eigenvalue weighted by molar-refractivity contribution is 5.78. The van der Waals surface area contributed by atoms with Crippen LogP contribution in [0.25, 0.3) is 11.0 Å². The average molecular weight is 364 g/mol. The number of para-hydroxylation sites is 2. The molecule has 0 unspecified atom stereocenters. The molecule has 4 heteroatoms. The van der Waals surface area contributed by atoms with Crippen LogP contribution in [0, 0.1) is 5.92 Å². The van der Waals surface area contributed by atoms with E-state index in [0.29, 0.717) is 6.54 Å². The van der Waals surface area contributed by atoms with E-state index in [1.807, 2.05) is 18.2 Å². The molecule has 0 fully saturated rings. The maximum Gasteiger partial charge on any atom is 0.223 e. The Hall–Kier alpha value is -2.62. The van der Waals surface area contributed by atoms with Crippen molar-refractivity contribution in [3.8, 4) is 0 Å². The van der Waals surface area contributed by atoms with E-state index in [9.17, 15) is 4.79 Å². The molecule has 0 aliphatic carbocycles. The number of hydrogen-bond acceptors (Lipinski definition) is 2. The van der Waals surface area contributed by atoms with Crippen LogP contribution in [-0.2, 0) is 24.2 Å². The van der Waals surface area contributed by atoms with E-state index >= 15 is 0 Å². The number of carbonyl (C=O) groups is 1. The van der Waals surface area contributed by atoms with Crippen LogP contribution in [-0.4, -0.2) is 22.0 Å². The number of hydrogen-bond donors (Lipinski definition) is 1. The zero-order valence-corrected chi connectivity index (χ0v) is 16.3. The molecule has 3 aromatic rings. The van der Waals surface area contributed by atoms with Crippen molar-refractivity contribution in [2.24, 2.45) is 5.92 Å². The van der Waals surface area contributed by atoms with Gasteiger partial charge in [0.25, 0.3) is 0 Å². The summed E-state index contributed by atoms with van der Waals surface area (Å²) in [5.74, 6) is 1.36. The molecule has 142 valence electrons. The van der Waals surface area contributed by atoms with Crippen molar-refractivity contribution in [2.75, 3.05) is 6.54 Å². The Morgan fingerprint density at radius 3 is 2.44 bits per heavy atom. The van der Waals surface area contributed by atoms with E-state index in [2.05, 4.69) is 60.1 Å². The summed E-state index contributed by atoms with van der Waals surface area (Å²) >= 11 is 0. The van der Waals surface area contributed by atoms with E-state index in [-0.39, 0.29) is 11.8 Å². The molecule has 3 rings (SSSR count). The number of carbonyl (C=O) groups excluding carboxylic acids is 1. The Morgan fingerprint density at radius 2 is 1.70 bits per heavy atom. The molecule has 0 bridgehead atoms. The van der Waals surface area contributed by atoms with Gasteiger partial charge in [0.1, 0.15) is 5.82 Å². The first-order valence-electron chi connectivity index (χ1n) is 9.98. The summed E-state index contributed by atoms with van der Waals surface area (Å²) in [6.45, 7) is 5.52. The van der Waals surface area contributed by atoms with E-state index < -0.39 is 0 Å². The van der Waals surface area contributed by atoms with Crippen LogP contribution in [0.15, 0.2) is 54.6 Å². The summed E-state index contributed by atoms with van der Waals surface area (Å²) in [7, 11) is 0. The molecule has 1 heterocycles. The maximum atomic E-state index is 12.3. The Morgan fingerprint density at radius 1 is 1.00 bits per heavy atom. The molecule has 0 aliphatic heterocycles. The highest BCUT2D eigenvalue weighted by atomic mass is 16.1. The number of aromatic nitrogens is 2. The van der Waals surface area contributed by atoms with Crippen molar-refractivity contribution in [2.45, 2.75) is 46.1 Å². The molecular weight excluding hydrogens is 334 g/mol. The lowest BCUT2D eigenvalue weighted by molar-refractivity contribution is -0.125. The van der Waals surface area contributed by atoms with Gasteiger partial charge in [-0.2, -0.15) is 0 Å². The average Bonchev–Trinajstić information content (AvgIpc) is 3.06. The molecule has 4 nitrogen and oxygen atoms in total. The lowest BCUT2D eigenvalue weighted by atomic mass is 10.0. The first-order chi connectivity index (χ1) is 13.2. The van der Waals surface area contributed by atoms with E-state index in [0.717, 1.165) is 49.1 Å². The summed E-state index contributed by atoms with van der Waals surface area (Å²) < 4.78 is 2.26. The molecule has 0 saturated carbocycles. The molecule has 1 amide bonds. The lowest BCUT2D eigenvalue weighted by Gasteiger charge is -2.14. The summed E-state index contributed by atoms with van der Waals surface area (Å²) in [5, 5.41) is 3.10. The fraction of sp³-hybridized carbons (Fsp3) is 0.391. The zero-order chi connectivity index (χ0) is 19.1. The smallest absolute Gasteiger partial charge is 0.223 e. The number of nitrogens with one attached hydrogen (secondary N) is 1. The third kappa shape index (κ3) is 4.76. The highest BCUT2D eigenvalue weighted by Gasteiger charge is 2.14. The molecule has 0 spiro atoms. The second kappa shape index (κ2) is 9.36. The Labute approximate surface area is 161 Å². The summed E-state index contributed by atoms with van der Waals surface area (Å²) in [4.78, 5) is 17.1. The van der Waals surface area contributed by atoms with Gasteiger partial charge in [0.15, 0.2) is 0 Å². The van der Waals surface area contributed by atoms with Crippen molar-refractivity contribution in [3.63, 3.8) is 0 Å². The predicted molar refractivity (Wildman–Crippen MR) is 111 cm³/mol. The normalized spacial score (nSPS) is 11.2. The third-order valence-corrected chi connectivity index (χ3v) is 5.20. The Bertz CT molecular complexity index is 866. The van der Waals surface area contributed by atoms with Crippen molar-refractivity contribution in [1.29, 1.82) is 0 Å². The van der Waals surface area contributed by atoms with Gasteiger partial charge in [-0.3, -0.25) is 4.79 Å². The van der Waals surface area contributed by atoms with Gasteiger partial charge >= 0.3 is 0 Å². The number of nitrogens with zero attached hydrogens (tertiary/aromatic N) is 2. The highest BCUT2D eigenvalue weighted by Crippen LogP contribution is 2.17. The number of imidazole rings is 1. The van der Waals surface area contributed by atoms with E-state index in [1.165, 1.54) is 5.56 Å². The van der Waals surface area contributed by atoms with Gasteiger partial charge in [-0.05, 0) is 37.0 Å². The lowest BCUT2D eigenvalue weighted by Crippen LogP contribution is -2.32. The summed E-state index contributed by atoms with van der Waals surface area (Å²) in [5.41, 5.74) is 3.47. The van der Waals surface area contributed by atoms with Crippen molar-refractivity contribution in [3.05, 3.63) is 66.0 Å². The first kappa shape index (κ1) is 19.2. The Balaban J connectivity index is 1.71. The van der Waals surface area contributed by atoms with Crippen LogP contribution >= 0.6 is 0 Å². The molecule has 2 aromatic carbocycles. The van der Waals surface area contributed by atoms with E-state index in [4.69, 9.17) is 4.98 Å². The molecule has 0 saturated heterocycles. The van der Waals surface area contributed by atoms with Crippen LogP contribution in [0.3, 0.4) is 0 Å². The molecular formula is C23H29N3O. The minimum atomic E-state index is 0.113. The van der Waals surface area contributed by atoms with Gasteiger partial charge in [0.2, 0.25) is 5.91 Å². The summed E-state index contributed by atoms with van der Waals surface area (Å²) in [6.07, 6.45) is 3.63. The molecule has 0 aliphatic rings. The second-order valence-electron chi connectivity index (χ2n) is 6.96. The molecule has 0 atom stereocenters. The van der Waals surface area contributed by atoms with Crippen LogP contribution < -0.4 is 5.32 Å². The molecule has 27 heavy (non-hydrogen) atoms. The largest absolute Gasteiger partial charge is 0.354 e. The van der Waals surface area contributed by atoms with Crippen molar-refractivity contribution in [1.82, 2.24) is 14.9 Å². The monoisotopic (exact) mass is 363 g/mol. The zero-order valence-electron chi connectivity index (χ0n) is 16.3. The van der Waals surface area contributed by atoms with Crippen LogP contribution in [0.5, 0.6) is 0 Å². The standard InChI is InChI=1S/C23H29N3O/c1-3-19(4-2)23(27)24-16-17-26-21-13-9-8-12-20(21)25-22(26)15-14-18-10-6-5-7-11-18/h5-13,19H,3-4,14-17H2,1-2H3,(H,24,27). The number of rotatable bonds is 9. The SMILES string of the molecule is CCC(CC)C(=O)NCCn1c(CCc2ccccc2)nc2ccccc21. The van der Waals surface area contributed by atoms with Gasteiger partial charge in [0, 0.05) is 25.4 Å². The summed E-state index contributed by atoms with van der Waals surface area (Å²) in [6, 6.07) is 18.7. The third-order valence-electron chi connectivity index (χ3n) is 5.20. The number of fused-ring (bicyclic) bond motifs is 1. The predicted octanol–water partition coefficient (Wildman–Crippen LogP) is 4.37. The number of amides is 1. The molecule has 0 radical (unpaired) electrons. The van der Waals surface area contributed by atoms with E-state index in [1.54, 1.807) is 0 Å². The topological polar surface area (TPSA) is 46.9 Å². The second-order valence-corrected chi connectivity index (χ2v) is 6.96. The van der Waals surface area contributed by atoms with Gasteiger partial charge < -0.3 is 9.88 Å². The van der Waals surface area contributed by atoms with Crippen LogP contribution in [0.2, 0.25) is 0 Å². The van der Waals surface area contributed by atoms with Crippen molar-refractivity contribution < 1.29 is 4.79 Å². The maximum absolute atomic E-state index is 12.3. The molecule has 1 aromatic heterocycles. The first-order valence-corrected chi connectivity index (χ1v) is 9.98. The fourth-order valence-electron chi connectivity index (χ4n) is 3.56. The van der Waals surface area contributed by atoms with Crippen LogP contribution in [0.1, 0.15) is 38.1 Å². The van der Waals surface area contributed by atoms with Crippen LogP contribution in [0.4, 0.5) is 0 Å². The quantitative estimate of drug-likeness (QED) is 0.613. The molecule has 1 N–H and O–H groups in total. The number of aryl methyl sites for hydroxylation is 2. The van der Waals surface area contributed by atoms with Gasteiger partial charge in [-0.15, -0.1) is 0 Å².